The van der Waals surface area contributed by atoms with E-state index >= 15 is 0 Å². The quantitative estimate of drug-likeness (QED) is 0.149. The van der Waals surface area contributed by atoms with Crippen molar-refractivity contribution in [2.75, 3.05) is 17.1 Å². The van der Waals surface area contributed by atoms with Gasteiger partial charge in [0, 0.05) is 0 Å². The van der Waals surface area contributed by atoms with E-state index in [4.69, 9.17) is 37.5 Å². The zero-order valence-corrected chi connectivity index (χ0v) is 23.1. The molecule has 2 fully saturated rings. The number of fused-ring (bicyclic) bond motifs is 1. The first-order valence-electron chi connectivity index (χ1n) is 12.7. The Hall–Kier alpha value is -4.37. The Morgan fingerprint density at radius 3 is 2.17 bits per heavy atom. The van der Waals surface area contributed by atoms with Crippen LogP contribution in [0.3, 0.4) is 0 Å². The molecule has 0 spiro atoms. The number of hydrogen-bond acceptors (Lipinski definition) is 7. The third-order valence-corrected chi connectivity index (χ3v) is 7.77. The smallest absolute Gasteiger partial charge is 0.343 e. The van der Waals surface area contributed by atoms with E-state index < -0.39 is 35.8 Å². The number of carbonyl (C=O) groups excluding carboxylic acids is 3. The van der Waals surface area contributed by atoms with E-state index in [0.717, 1.165) is 4.90 Å². The van der Waals surface area contributed by atoms with Crippen molar-refractivity contribution in [1.29, 1.82) is 0 Å². The fourth-order valence-electron chi connectivity index (χ4n) is 5.12. The molecule has 0 aromatic heterocycles. The second kappa shape index (κ2) is 10.9. The van der Waals surface area contributed by atoms with Gasteiger partial charge in [0.1, 0.15) is 5.92 Å². The molecule has 0 radical (unpaired) electrons. The van der Waals surface area contributed by atoms with Crippen LogP contribution in [0.5, 0.6) is 11.5 Å². The van der Waals surface area contributed by atoms with Crippen LogP contribution in [-0.2, 0) is 14.4 Å². The SMILES string of the molecule is COc1cc([C@@H]2[C@H]3C(=O)N(c4ccc(Cl)c(Cl)c4)C(=O)[C@@H]3ON2c2ccccc2)ccc1OC(=O)c1ccccc1. The van der Waals surface area contributed by atoms with Crippen LogP contribution in [0.25, 0.3) is 0 Å². The summed E-state index contributed by atoms with van der Waals surface area (Å²) in [6, 6.07) is 26.6. The zero-order chi connectivity index (χ0) is 28.7. The Labute approximate surface area is 245 Å². The third-order valence-electron chi connectivity index (χ3n) is 7.03. The number of benzene rings is 4. The number of para-hydroxylation sites is 1. The van der Waals surface area contributed by atoms with Crippen molar-refractivity contribution in [2.24, 2.45) is 5.92 Å². The highest BCUT2D eigenvalue weighted by atomic mass is 35.5. The van der Waals surface area contributed by atoms with E-state index in [1.54, 1.807) is 59.7 Å². The van der Waals surface area contributed by atoms with Crippen LogP contribution in [0.1, 0.15) is 22.0 Å². The lowest BCUT2D eigenvalue weighted by Gasteiger charge is -2.29. The van der Waals surface area contributed by atoms with Gasteiger partial charge in [-0.25, -0.2) is 14.8 Å². The number of hydrogen-bond donors (Lipinski definition) is 0. The molecule has 2 heterocycles. The predicted molar refractivity (Wildman–Crippen MR) is 153 cm³/mol. The highest BCUT2D eigenvalue weighted by molar-refractivity contribution is 6.42. The van der Waals surface area contributed by atoms with Crippen LogP contribution in [0.2, 0.25) is 10.0 Å². The van der Waals surface area contributed by atoms with Gasteiger partial charge in [0.2, 0.25) is 5.91 Å². The van der Waals surface area contributed by atoms with E-state index in [1.165, 1.54) is 19.2 Å². The van der Waals surface area contributed by atoms with Crippen molar-refractivity contribution in [3.63, 3.8) is 0 Å². The van der Waals surface area contributed by atoms with Crippen LogP contribution in [-0.4, -0.2) is 31.0 Å². The van der Waals surface area contributed by atoms with E-state index in [9.17, 15) is 14.4 Å². The number of ether oxygens (including phenoxy) is 2. The van der Waals surface area contributed by atoms with E-state index in [1.807, 2.05) is 30.3 Å². The van der Waals surface area contributed by atoms with Crippen LogP contribution >= 0.6 is 23.2 Å². The van der Waals surface area contributed by atoms with Gasteiger partial charge in [0.25, 0.3) is 5.91 Å². The first kappa shape index (κ1) is 26.8. The van der Waals surface area contributed by atoms with E-state index in [2.05, 4.69) is 0 Å². The van der Waals surface area contributed by atoms with Crippen molar-refractivity contribution in [1.82, 2.24) is 0 Å². The lowest BCUT2D eigenvalue weighted by molar-refractivity contribution is -0.126. The third kappa shape index (κ3) is 4.80. The van der Waals surface area contributed by atoms with Gasteiger partial charge in [0.05, 0.1) is 40.1 Å². The Kier molecular flexibility index (Phi) is 7.13. The van der Waals surface area contributed by atoms with Crippen LogP contribution in [0.4, 0.5) is 11.4 Å². The number of rotatable bonds is 6. The largest absolute Gasteiger partial charge is 0.493 e. The fourth-order valence-corrected chi connectivity index (χ4v) is 5.41. The first-order valence-corrected chi connectivity index (χ1v) is 13.4. The molecule has 206 valence electrons. The van der Waals surface area contributed by atoms with Crippen molar-refractivity contribution in [2.45, 2.75) is 12.1 Å². The number of esters is 1. The van der Waals surface area contributed by atoms with Crippen molar-refractivity contribution < 1.29 is 28.7 Å². The number of nitrogens with zero attached hydrogens (tertiary/aromatic N) is 2. The van der Waals surface area contributed by atoms with Crippen molar-refractivity contribution in [3.05, 3.63) is 118 Å². The Morgan fingerprint density at radius 2 is 1.49 bits per heavy atom. The molecule has 10 heteroatoms. The summed E-state index contributed by atoms with van der Waals surface area (Å²) >= 11 is 12.2. The zero-order valence-electron chi connectivity index (χ0n) is 21.6. The number of hydroxylamine groups is 1. The minimum absolute atomic E-state index is 0.207. The topological polar surface area (TPSA) is 85.4 Å². The van der Waals surface area contributed by atoms with E-state index in [0.29, 0.717) is 27.5 Å². The molecule has 0 unspecified atom stereocenters. The minimum atomic E-state index is -1.08. The summed E-state index contributed by atoms with van der Waals surface area (Å²) < 4.78 is 11.2. The maximum absolute atomic E-state index is 13.9. The molecule has 4 aromatic rings. The monoisotopic (exact) mass is 588 g/mol. The molecule has 2 aliphatic heterocycles. The highest BCUT2D eigenvalue weighted by Crippen LogP contribution is 2.49. The molecule has 3 atom stereocenters. The molecule has 0 saturated carbocycles. The van der Waals surface area contributed by atoms with Gasteiger partial charge in [0.15, 0.2) is 17.6 Å². The molecule has 2 aliphatic rings. The Morgan fingerprint density at radius 1 is 0.780 bits per heavy atom. The molecule has 6 rings (SSSR count). The Balaban J connectivity index is 1.38. The summed E-state index contributed by atoms with van der Waals surface area (Å²) in [5.41, 5.74) is 1.97. The van der Waals surface area contributed by atoms with Crippen LogP contribution in [0, 0.1) is 5.92 Å². The molecule has 0 aliphatic carbocycles. The lowest BCUT2D eigenvalue weighted by Crippen LogP contribution is -2.37. The standard InChI is InChI=1S/C31H22Cl2N2O6/c1-39-25-16-19(12-15-24(25)40-31(38)18-8-4-2-5-9-18)27-26-28(41-35(27)20-10-6-3-7-11-20)30(37)34(29(26)36)21-13-14-22(32)23(33)17-21/h2-17,26-28H,1H3/t26-,27-,28-/m1/s1. The maximum atomic E-state index is 13.9. The van der Waals surface area contributed by atoms with Gasteiger partial charge >= 0.3 is 5.97 Å². The number of imide groups is 1. The van der Waals surface area contributed by atoms with Gasteiger partial charge < -0.3 is 9.47 Å². The number of methoxy groups -OCH3 is 1. The van der Waals surface area contributed by atoms with E-state index in [-0.39, 0.29) is 16.5 Å². The molecule has 0 bridgehead atoms. The predicted octanol–water partition coefficient (Wildman–Crippen LogP) is 6.27. The van der Waals surface area contributed by atoms with Gasteiger partial charge in [-0.1, -0.05) is 65.7 Å². The lowest BCUT2D eigenvalue weighted by atomic mass is 9.90. The number of anilines is 2. The summed E-state index contributed by atoms with van der Waals surface area (Å²) in [6.45, 7) is 0. The maximum Gasteiger partial charge on any atom is 0.343 e. The summed E-state index contributed by atoms with van der Waals surface area (Å²) in [5, 5.41) is 2.09. The molecule has 2 saturated heterocycles. The average Bonchev–Trinajstić information content (AvgIpc) is 3.51. The summed E-state index contributed by atoms with van der Waals surface area (Å²) in [5.74, 6) is -1.90. The second-order valence-corrected chi connectivity index (χ2v) is 10.2. The molecule has 4 aromatic carbocycles. The molecular formula is C31H22Cl2N2O6. The van der Waals surface area contributed by atoms with Gasteiger partial charge in [-0.15, -0.1) is 0 Å². The molecule has 2 amide bonds. The summed E-state index contributed by atoms with van der Waals surface area (Å²) in [6.07, 6.45) is -1.08. The van der Waals surface area contributed by atoms with Gasteiger partial charge in [-0.3, -0.25) is 14.4 Å². The minimum Gasteiger partial charge on any atom is -0.493 e. The summed E-state index contributed by atoms with van der Waals surface area (Å²) in [7, 11) is 1.46. The number of halogens is 2. The number of carbonyl (C=O) groups is 3. The summed E-state index contributed by atoms with van der Waals surface area (Å²) in [4.78, 5) is 47.4. The molecule has 0 N–H and O–H groups in total. The highest BCUT2D eigenvalue weighted by Gasteiger charge is 2.60. The molecule has 41 heavy (non-hydrogen) atoms. The first-order chi connectivity index (χ1) is 19.9. The molecule has 8 nitrogen and oxygen atoms in total. The fraction of sp³-hybridized carbons (Fsp3) is 0.129. The molecular weight excluding hydrogens is 567 g/mol. The average molecular weight is 589 g/mol. The normalized spacial score (nSPS) is 19.8. The number of amides is 2. The van der Waals surface area contributed by atoms with Crippen LogP contribution < -0.4 is 19.4 Å². The van der Waals surface area contributed by atoms with Crippen molar-refractivity contribution >= 4 is 52.4 Å². The second-order valence-electron chi connectivity index (χ2n) is 9.43. The van der Waals surface area contributed by atoms with Gasteiger partial charge in [-0.05, 0) is 60.2 Å². The Bertz CT molecular complexity index is 1650. The van der Waals surface area contributed by atoms with Crippen molar-refractivity contribution in [3.8, 4) is 11.5 Å². The van der Waals surface area contributed by atoms with Gasteiger partial charge in [-0.2, -0.15) is 0 Å². The van der Waals surface area contributed by atoms with Crippen LogP contribution in [0.15, 0.2) is 97.1 Å².